The number of nitriles is 1. The maximum Gasteiger partial charge on any atom is 0.313 e. The molecule has 0 radical (unpaired) electrons. The number of carbonyl (C=O) groups excluding carboxylic acids is 2. The third-order valence-corrected chi connectivity index (χ3v) is 5.51. The highest BCUT2D eigenvalue weighted by molar-refractivity contribution is 6.40. The fourth-order valence-corrected chi connectivity index (χ4v) is 3.71. The van der Waals surface area contributed by atoms with Crippen molar-refractivity contribution < 1.29 is 14.0 Å². The first-order valence-corrected chi connectivity index (χ1v) is 10.3. The Bertz CT molecular complexity index is 1130. The molecule has 0 unspecified atom stereocenters. The minimum atomic E-state index is -0.831. The molecule has 1 aliphatic rings. The molecule has 9 heteroatoms. The largest absolute Gasteiger partial charge is 0.423 e. The zero-order valence-corrected chi connectivity index (χ0v) is 17.4. The van der Waals surface area contributed by atoms with Crippen LogP contribution in [-0.4, -0.2) is 36.4 Å². The summed E-state index contributed by atoms with van der Waals surface area (Å²) in [6.45, 7) is 1.91. The van der Waals surface area contributed by atoms with Gasteiger partial charge in [-0.15, -0.1) is 0 Å². The average Bonchev–Trinajstić information content (AvgIpc) is 3.22. The Labute approximate surface area is 183 Å². The van der Waals surface area contributed by atoms with Gasteiger partial charge in [-0.2, -0.15) is 10.2 Å². The van der Waals surface area contributed by atoms with E-state index in [2.05, 4.69) is 20.5 Å². The molecular weight excluding hydrogens is 418 g/mol. The molecule has 1 aliphatic heterocycles. The standard InChI is InChI=1S/C22H20ClN5O3/c23-16-6-5-15(12-24)18(11-16)26-21(30)20(29)25-13-14-7-9-28(10-8-14)22-27-17-3-1-2-4-19(17)31-22/h1-6,11,14H,7-10,13H2,(H,25,29)(H,26,30). The van der Waals surface area contributed by atoms with Gasteiger partial charge in [0.15, 0.2) is 5.58 Å². The lowest BCUT2D eigenvalue weighted by Gasteiger charge is -2.30. The minimum Gasteiger partial charge on any atom is -0.423 e. The van der Waals surface area contributed by atoms with Gasteiger partial charge in [0.25, 0.3) is 6.01 Å². The van der Waals surface area contributed by atoms with Crippen molar-refractivity contribution in [3.8, 4) is 6.07 Å². The van der Waals surface area contributed by atoms with E-state index in [4.69, 9.17) is 21.3 Å². The Balaban J connectivity index is 1.26. The number of halogens is 1. The van der Waals surface area contributed by atoms with Crippen LogP contribution in [0, 0.1) is 17.2 Å². The summed E-state index contributed by atoms with van der Waals surface area (Å²) in [5.74, 6) is -1.33. The third-order valence-electron chi connectivity index (χ3n) is 5.28. The first-order chi connectivity index (χ1) is 15.0. The fraction of sp³-hybridized carbons (Fsp3) is 0.273. The first-order valence-electron chi connectivity index (χ1n) is 9.93. The number of oxazole rings is 1. The fourth-order valence-electron chi connectivity index (χ4n) is 3.54. The number of nitrogens with zero attached hydrogens (tertiary/aromatic N) is 3. The average molecular weight is 438 g/mol. The molecule has 0 aliphatic carbocycles. The van der Waals surface area contributed by atoms with E-state index in [0.717, 1.165) is 37.0 Å². The van der Waals surface area contributed by atoms with Gasteiger partial charge in [-0.1, -0.05) is 23.7 Å². The summed E-state index contributed by atoms with van der Waals surface area (Å²) in [6, 6.07) is 14.7. The molecule has 158 valence electrons. The summed E-state index contributed by atoms with van der Waals surface area (Å²) in [6.07, 6.45) is 1.68. The van der Waals surface area contributed by atoms with E-state index >= 15 is 0 Å². The Hall–Kier alpha value is -3.57. The Morgan fingerprint density at radius 2 is 1.97 bits per heavy atom. The number of amides is 2. The van der Waals surface area contributed by atoms with Gasteiger partial charge < -0.3 is 20.0 Å². The molecule has 1 saturated heterocycles. The number of aromatic nitrogens is 1. The predicted molar refractivity (Wildman–Crippen MR) is 117 cm³/mol. The number of benzene rings is 2. The zero-order chi connectivity index (χ0) is 21.8. The molecule has 0 spiro atoms. The van der Waals surface area contributed by atoms with Gasteiger partial charge in [-0.25, -0.2) is 0 Å². The van der Waals surface area contributed by atoms with Crippen LogP contribution in [0.1, 0.15) is 18.4 Å². The topological polar surface area (TPSA) is 111 Å². The van der Waals surface area contributed by atoms with E-state index in [0.29, 0.717) is 17.6 Å². The maximum atomic E-state index is 12.2. The van der Waals surface area contributed by atoms with Crippen LogP contribution >= 0.6 is 11.6 Å². The number of carbonyl (C=O) groups is 2. The summed E-state index contributed by atoms with van der Waals surface area (Å²) >= 11 is 5.90. The Kier molecular flexibility index (Phi) is 6.05. The summed E-state index contributed by atoms with van der Waals surface area (Å²) in [5, 5.41) is 14.6. The summed E-state index contributed by atoms with van der Waals surface area (Å²) < 4.78 is 5.82. The third kappa shape index (κ3) is 4.78. The van der Waals surface area contributed by atoms with Crippen LogP contribution in [-0.2, 0) is 9.59 Å². The lowest BCUT2D eigenvalue weighted by molar-refractivity contribution is -0.136. The molecule has 2 aromatic carbocycles. The molecule has 1 aromatic heterocycles. The summed E-state index contributed by atoms with van der Waals surface area (Å²) in [4.78, 5) is 31.0. The molecule has 2 heterocycles. The van der Waals surface area contributed by atoms with Crippen LogP contribution in [0.4, 0.5) is 11.7 Å². The van der Waals surface area contributed by atoms with Gasteiger partial charge in [0.2, 0.25) is 0 Å². The van der Waals surface area contributed by atoms with Gasteiger partial charge >= 0.3 is 11.8 Å². The van der Waals surface area contributed by atoms with Gasteiger partial charge in [0.1, 0.15) is 11.6 Å². The Morgan fingerprint density at radius 3 is 2.71 bits per heavy atom. The van der Waals surface area contributed by atoms with Gasteiger partial charge in [0, 0.05) is 24.7 Å². The minimum absolute atomic E-state index is 0.210. The number of hydrogen-bond donors (Lipinski definition) is 2. The van der Waals surface area contributed by atoms with E-state index in [1.54, 1.807) is 6.07 Å². The summed E-state index contributed by atoms with van der Waals surface area (Å²) in [5.41, 5.74) is 2.04. The van der Waals surface area contributed by atoms with Crippen LogP contribution in [0.2, 0.25) is 5.02 Å². The number of rotatable bonds is 4. The smallest absolute Gasteiger partial charge is 0.313 e. The zero-order valence-electron chi connectivity index (χ0n) is 16.6. The van der Waals surface area contributed by atoms with Gasteiger partial charge in [-0.3, -0.25) is 9.59 Å². The molecule has 31 heavy (non-hydrogen) atoms. The molecule has 3 aromatic rings. The van der Waals surface area contributed by atoms with E-state index in [1.807, 2.05) is 30.3 Å². The molecule has 0 atom stereocenters. The number of fused-ring (bicyclic) bond motifs is 1. The number of para-hydroxylation sites is 2. The Morgan fingerprint density at radius 1 is 1.19 bits per heavy atom. The number of nitrogens with one attached hydrogen (secondary N) is 2. The second kappa shape index (κ2) is 9.06. The van der Waals surface area contributed by atoms with Gasteiger partial charge in [0.05, 0.1) is 11.3 Å². The van der Waals surface area contributed by atoms with Crippen molar-refractivity contribution in [2.75, 3.05) is 29.9 Å². The lowest BCUT2D eigenvalue weighted by atomic mass is 9.97. The van der Waals surface area contributed by atoms with Crippen LogP contribution in [0.15, 0.2) is 46.9 Å². The monoisotopic (exact) mass is 437 g/mol. The normalized spacial score (nSPS) is 14.3. The van der Waals surface area contributed by atoms with E-state index in [1.165, 1.54) is 12.1 Å². The van der Waals surface area contributed by atoms with Crippen LogP contribution in [0.25, 0.3) is 11.1 Å². The number of piperidine rings is 1. The second-order valence-corrected chi connectivity index (χ2v) is 7.80. The van der Waals surface area contributed by atoms with Crippen LogP contribution in [0.5, 0.6) is 0 Å². The number of hydrogen-bond acceptors (Lipinski definition) is 6. The SMILES string of the molecule is N#Cc1ccc(Cl)cc1NC(=O)C(=O)NCC1CCN(c2nc3ccccc3o2)CC1. The van der Waals surface area contributed by atoms with Crippen molar-refractivity contribution in [3.05, 3.63) is 53.1 Å². The molecule has 1 fully saturated rings. The van der Waals surface area contributed by atoms with Crippen molar-refractivity contribution in [2.24, 2.45) is 5.92 Å². The highest BCUT2D eigenvalue weighted by Gasteiger charge is 2.24. The highest BCUT2D eigenvalue weighted by Crippen LogP contribution is 2.26. The van der Waals surface area contributed by atoms with Gasteiger partial charge in [-0.05, 0) is 49.1 Å². The maximum absolute atomic E-state index is 12.2. The van der Waals surface area contributed by atoms with E-state index < -0.39 is 11.8 Å². The predicted octanol–water partition coefficient (Wildman–Crippen LogP) is 3.32. The molecule has 0 bridgehead atoms. The highest BCUT2D eigenvalue weighted by atomic mass is 35.5. The summed E-state index contributed by atoms with van der Waals surface area (Å²) in [7, 11) is 0. The van der Waals surface area contributed by atoms with Crippen LogP contribution in [0.3, 0.4) is 0 Å². The van der Waals surface area contributed by atoms with Crippen molar-refractivity contribution in [2.45, 2.75) is 12.8 Å². The van der Waals surface area contributed by atoms with Crippen molar-refractivity contribution >= 4 is 46.2 Å². The molecule has 8 nitrogen and oxygen atoms in total. The molecule has 2 amide bonds. The van der Waals surface area contributed by atoms with E-state index in [-0.39, 0.29) is 17.2 Å². The second-order valence-electron chi connectivity index (χ2n) is 7.36. The first kappa shape index (κ1) is 20.7. The molecule has 2 N–H and O–H groups in total. The van der Waals surface area contributed by atoms with Crippen molar-refractivity contribution in [1.29, 1.82) is 5.26 Å². The van der Waals surface area contributed by atoms with E-state index in [9.17, 15) is 9.59 Å². The molecule has 0 saturated carbocycles. The van der Waals surface area contributed by atoms with Crippen LogP contribution < -0.4 is 15.5 Å². The molecular formula is C22H20ClN5O3. The lowest BCUT2D eigenvalue weighted by Crippen LogP contribution is -2.42. The van der Waals surface area contributed by atoms with Crippen molar-refractivity contribution in [1.82, 2.24) is 10.3 Å². The molecule has 4 rings (SSSR count). The number of anilines is 2. The van der Waals surface area contributed by atoms with Crippen molar-refractivity contribution in [3.63, 3.8) is 0 Å². The quantitative estimate of drug-likeness (QED) is 0.605.